The SMILES string of the molecule is COc1ccc(N2CCN(C(=O)C(CSCC3CCCCC3)NC(=O)C3CSCN3)CC2)cc1. The second-order valence-corrected chi connectivity index (χ2v) is 11.5. The van der Waals surface area contributed by atoms with Crippen LogP contribution in [0.15, 0.2) is 24.3 Å². The van der Waals surface area contributed by atoms with Crippen molar-refractivity contribution in [3.05, 3.63) is 24.3 Å². The summed E-state index contributed by atoms with van der Waals surface area (Å²) in [5, 5.41) is 6.32. The molecule has 1 aliphatic carbocycles. The molecular formula is C25H38N4O3S2. The van der Waals surface area contributed by atoms with Crippen LogP contribution in [-0.2, 0) is 9.59 Å². The van der Waals surface area contributed by atoms with Crippen LogP contribution in [0.25, 0.3) is 0 Å². The van der Waals surface area contributed by atoms with E-state index in [0.29, 0.717) is 18.8 Å². The molecule has 34 heavy (non-hydrogen) atoms. The van der Waals surface area contributed by atoms with Gasteiger partial charge in [0, 0.05) is 49.2 Å². The first kappa shape index (κ1) is 25.5. The van der Waals surface area contributed by atoms with Crippen LogP contribution < -0.4 is 20.3 Å². The van der Waals surface area contributed by atoms with Crippen molar-refractivity contribution in [2.45, 2.75) is 44.2 Å². The van der Waals surface area contributed by atoms with E-state index < -0.39 is 6.04 Å². The topological polar surface area (TPSA) is 73.9 Å². The Morgan fingerprint density at radius 2 is 1.88 bits per heavy atom. The summed E-state index contributed by atoms with van der Waals surface area (Å²) in [5.41, 5.74) is 1.14. The second kappa shape index (κ2) is 12.9. The molecule has 1 saturated carbocycles. The predicted octanol–water partition coefficient (Wildman–Crippen LogP) is 2.80. The Labute approximate surface area is 212 Å². The van der Waals surface area contributed by atoms with E-state index in [2.05, 4.69) is 27.7 Å². The third-order valence-corrected chi connectivity index (χ3v) is 9.26. The van der Waals surface area contributed by atoms with Gasteiger partial charge in [-0.15, -0.1) is 11.8 Å². The van der Waals surface area contributed by atoms with E-state index in [1.807, 2.05) is 28.8 Å². The van der Waals surface area contributed by atoms with Crippen molar-refractivity contribution in [3.8, 4) is 5.75 Å². The van der Waals surface area contributed by atoms with Crippen LogP contribution in [0.2, 0.25) is 0 Å². The summed E-state index contributed by atoms with van der Waals surface area (Å²) in [7, 11) is 1.67. The number of anilines is 1. The molecule has 2 amide bonds. The van der Waals surface area contributed by atoms with Gasteiger partial charge in [-0.05, 0) is 48.8 Å². The quantitative estimate of drug-likeness (QED) is 0.534. The monoisotopic (exact) mass is 506 g/mol. The Hall–Kier alpha value is -1.58. The largest absolute Gasteiger partial charge is 0.497 e. The van der Waals surface area contributed by atoms with Gasteiger partial charge in [-0.1, -0.05) is 19.3 Å². The van der Waals surface area contributed by atoms with Crippen LogP contribution in [-0.4, -0.2) is 85.2 Å². The molecule has 2 unspecified atom stereocenters. The summed E-state index contributed by atoms with van der Waals surface area (Å²) in [6.07, 6.45) is 6.61. The fourth-order valence-electron chi connectivity index (χ4n) is 4.92. The van der Waals surface area contributed by atoms with Gasteiger partial charge in [0.25, 0.3) is 0 Å². The minimum Gasteiger partial charge on any atom is -0.497 e. The van der Waals surface area contributed by atoms with E-state index >= 15 is 0 Å². The minimum atomic E-state index is -0.457. The molecule has 1 aromatic carbocycles. The lowest BCUT2D eigenvalue weighted by Crippen LogP contribution is -2.57. The molecular weight excluding hydrogens is 468 g/mol. The molecule has 3 fully saturated rings. The number of ether oxygens (including phenoxy) is 1. The molecule has 1 aromatic rings. The number of nitrogens with zero attached hydrogens (tertiary/aromatic N) is 2. The van der Waals surface area contributed by atoms with Crippen LogP contribution in [0.5, 0.6) is 5.75 Å². The smallest absolute Gasteiger partial charge is 0.246 e. The van der Waals surface area contributed by atoms with Crippen molar-refractivity contribution in [2.24, 2.45) is 5.92 Å². The highest BCUT2D eigenvalue weighted by Gasteiger charge is 2.32. The first-order valence-corrected chi connectivity index (χ1v) is 14.8. The average Bonchev–Trinajstić information content (AvgIpc) is 3.44. The fraction of sp³-hybridized carbons (Fsp3) is 0.680. The number of hydrogen-bond donors (Lipinski definition) is 2. The summed E-state index contributed by atoms with van der Waals surface area (Å²) < 4.78 is 5.26. The van der Waals surface area contributed by atoms with E-state index in [1.165, 1.54) is 32.1 Å². The fourth-order valence-corrected chi connectivity index (χ4v) is 7.12. The summed E-state index contributed by atoms with van der Waals surface area (Å²) in [4.78, 5) is 30.5. The first-order chi connectivity index (χ1) is 16.6. The Morgan fingerprint density at radius 3 is 2.53 bits per heavy atom. The number of nitrogens with one attached hydrogen (secondary N) is 2. The summed E-state index contributed by atoms with van der Waals surface area (Å²) >= 11 is 3.56. The molecule has 2 aliphatic heterocycles. The van der Waals surface area contributed by atoms with Gasteiger partial charge in [-0.3, -0.25) is 14.9 Å². The number of rotatable bonds is 9. The highest BCUT2D eigenvalue weighted by molar-refractivity contribution is 7.99. The third-order valence-electron chi connectivity index (χ3n) is 7.04. The van der Waals surface area contributed by atoms with Gasteiger partial charge in [0.05, 0.1) is 13.2 Å². The Balaban J connectivity index is 1.32. The van der Waals surface area contributed by atoms with Crippen LogP contribution in [0.1, 0.15) is 32.1 Å². The van der Waals surface area contributed by atoms with Gasteiger partial charge < -0.3 is 19.9 Å². The highest BCUT2D eigenvalue weighted by Crippen LogP contribution is 2.27. The lowest BCUT2D eigenvalue weighted by molar-refractivity contribution is -0.136. The Kier molecular flexibility index (Phi) is 9.70. The molecule has 0 radical (unpaired) electrons. The van der Waals surface area contributed by atoms with Gasteiger partial charge in [-0.2, -0.15) is 11.8 Å². The standard InChI is InChI=1S/C25H38N4O3S2/c1-32-21-9-7-20(8-10-21)28-11-13-29(14-12-28)25(31)23(27-24(30)22-16-34-18-26-22)17-33-15-19-5-3-2-4-6-19/h7-10,19,22-23,26H,2-6,11-18H2,1H3,(H,27,30). The number of methoxy groups -OCH3 is 1. The molecule has 2 saturated heterocycles. The molecule has 3 aliphatic rings. The number of carbonyl (C=O) groups excluding carboxylic acids is 2. The number of amides is 2. The molecule has 2 atom stereocenters. The van der Waals surface area contributed by atoms with Crippen molar-refractivity contribution in [1.82, 2.24) is 15.5 Å². The molecule has 7 nitrogen and oxygen atoms in total. The van der Waals surface area contributed by atoms with E-state index in [0.717, 1.165) is 47.8 Å². The zero-order chi connectivity index (χ0) is 23.8. The van der Waals surface area contributed by atoms with E-state index in [-0.39, 0.29) is 17.9 Å². The van der Waals surface area contributed by atoms with E-state index in [4.69, 9.17) is 4.74 Å². The molecule has 0 bridgehead atoms. The molecule has 4 rings (SSSR count). The van der Waals surface area contributed by atoms with Crippen LogP contribution in [0.4, 0.5) is 5.69 Å². The molecule has 0 spiro atoms. The number of benzene rings is 1. The number of thioether (sulfide) groups is 2. The molecule has 188 valence electrons. The maximum absolute atomic E-state index is 13.5. The minimum absolute atomic E-state index is 0.0431. The average molecular weight is 507 g/mol. The lowest BCUT2D eigenvalue weighted by atomic mass is 9.91. The van der Waals surface area contributed by atoms with Gasteiger partial charge in [0.15, 0.2) is 0 Å². The Morgan fingerprint density at radius 1 is 1.15 bits per heavy atom. The number of hydrogen-bond acceptors (Lipinski definition) is 7. The highest BCUT2D eigenvalue weighted by atomic mass is 32.2. The Bertz CT molecular complexity index is 790. The summed E-state index contributed by atoms with van der Waals surface area (Å²) in [5.74, 6) is 4.91. The zero-order valence-corrected chi connectivity index (χ0v) is 21.8. The van der Waals surface area contributed by atoms with Crippen LogP contribution >= 0.6 is 23.5 Å². The molecule has 9 heteroatoms. The van der Waals surface area contributed by atoms with Crippen molar-refractivity contribution >= 4 is 41.0 Å². The molecule has 0 aromatic heterocycles. The van der Waals surface area contributed by atoms with Crippen molar-refractivity contribution < 1.29 is 14.3 Å². The van der Waals surface area contributed by atoms with Crippen molar-refractivity contribution in [3.63, 3.8) is 0 Å². The molecule has 2 N–H and O–H groups in total. The second-order valence-electron chi connectivity index (χ2n) is 9.38. The maximum atomic E-state index is 13.5. The third kappa shape index (κ3) is 6.98. The number of carbonyl (C=O) groups is 2. The van der Waals surface area contributed by atoms with Crippen molar-refractivity contribution in [1.29, 1.82) is 0 Å². The first-order valence-electron chi connectivity index (χ1n) is 12.5. The zero-order valence-electron chi connectivity index (χ0n) is 20.2. The van der Waals surface area contributed by atoms with E-state index in [1.54, 1.807) is 18.9 Å². The lowest BCUT2D eigenvalue weighted by Gasteiger charge is -2.38. The molecule has 2 heterocycles. The van der Waals surface area contributed by atoms with E-state index in [9.17, 15) is 9.59 Å². The van der Waals surface area contributed by atoms with Crippen LogP contribution in [0.3, 0.4) is 0 Å². The predicted molar refractivity (Wildman–Crippen MR) is 142 cm³/mol. The summed E-state index contributed by atoms with van der Waals surface area (Å²) in [6, 6.07) is 7.41. The van der Waals surface area contributed by atoms with Crippen molar-refractivity contribution in [2.75, 3.05) is 61.3 Å². The van der Waals surface area contributed by atoms with Crippen LogP contribution in [0, 0.1) is 5.92 Å². The van der Waals surface area contributed by atoms with Gasteiger partial charge >= 0.3 is 0 Å². The normalized spacial score (nSPS) is 22.4. The van der Waals surface area contributed by atoms with Gasteiger partial charge in [0.1, 0.15) is 11.8 Å². The summed E-state index contributed by atoms with van der Waals surface area (Å²) in [6.45, 7) is 2.91. The maximum Gasteiger partial charge on any atom is 0.246 e. The number of piperazine rings is 1. The van der Waals surface area contributed by atoms with Gasteiger partial charge in [-0.25, -0.2) is 0 Å². The van der Waals surface area contributed by atoms with Gasteiger partial charge in [0.2, 0.25) is 11.8 Å².